The predicted octanol–water partition coefficient (Wildman–Crippen LogP) is 12.1. The molecular weight excluding hydrogens is 532 g/mol. The molecule has 2 nitrogen and oxygen atoms in total. The number of rotatable bonds is 7. The maximum absolute atomic E-state index is 2.35. The third kappa shape index (κ3) is 6.02. The summed E-state index contributed by atoms with van der Waals surface area (Å²) in [4.78, 5) is 4.67. The molecule has 6 aromatic carbocycles. The molecule has 0 radical (unpaired) electrons. The van der Waals surface area contributed by atoms with Gasteiger partial charge >= 0.3 is 0 Å². The lowest BCUT2D eigenvalue weighted by Crippen LogP contribution is -2.10. The first-order valence-corrected chi connectivity index (χ1v) is 15.4. The molecule has 44 heavy (non-hydrogen) atoms. The second kappa shape index (κ2) is 12.3. The number of benzene rings is 6. The Morgan fingerprint density at radius 2 is 0.545 bits per heavy atom. The Morgan fingerprint density at radius 3 is 0.864 bits per heavy atom. The van der Waals surface area contributed by atoms with Crippen LogP contribution in [0.1, 0.15) is 33.4 Å². The standard InChI is InChI=1S/C42H40N2/c1-29-7-17-37(18-8-29)43(38-19-9-30(2)10-20-38)39-23-13-35(14-24-39)36-15-25-40(26-16-36)44(41-21-11-31(3)33(5)27-41)42-22-12-32(4)34(6)28-42/h7-28H,1-6H3. The van der Waals surface area contributed by atoms with E-state index in [4.69, 9.17) is 0 Å². The minimum atomic E-state index is 1.13. The summed E-state index contributed by atoms with van der Waals surface area (Å²) < 4.78 is 0. The summed E-state index contributed by atoms with van der Waals surface area (Å²) >= 11 is 0. The molecule has 0 atom stereocenters. The SMILES string of the molecule is Cc1ccc(N(c2ccc(C)cc2)c2ccc(-c3ccc(N(c4ccc(C)c(C)c4)c4ccc(C)c(C)c4)cc3)cc2)cc1. The normalized spacial score (nSPS) is 11.0. The average Bonchev–Trinajstić information content (AvgIpc) is 3.03. The molecule has 0 heterocycles. The second-order valence-corrected chi connectivity index (χ2v) is 12.0. The fourth-order valence-corrected chi connectivity index (χ4v) is 5.62. The molecule has 6 aromatic rings. The molecule has 0 aromatic heterocycles. The lowest BCUT2D eigenvalue weighted by Gasteiger charge is -2.27. The highest BCUT2D eigenvalue weighted by Gasteiger charge is 2.15. The first kappa shape index (κ1) is 29.0. The van der Waals surface area contributed by atoms with Gasteiger partial charge in [0, 0.05) is 34.1 Å². The smallest absolute Gasteiger partial charge is 0.0464 e. The number of hydrogen-bond acceptors (Lipinski definition) is 2. The van der Waals surface area contributed by atoms with Gasteiger partial charge in [0.15, 0.2) is 0 Å². The Balaban J connectivity index is 1.33. The Labute approximate surface area is 262 Å². The van der Waals surface area contributed by atoms with Crippen LogP contribution in [0.4, 0.5) is 34.1 Å². The molecule has 6 rings (SSSR count). The monoisotopic (exact) mass is 572 g/mol. The van der Waals surface area contributed by atoms with E-state index in [1.54, 1.807) is 0 Å². The summed E-state index contributed by atoms with van der Waals surface area (Å²) in [5.74, 6) is 0. The fourth-order valence-electron chi connectivity index (χ4n) is 5.62. The molecule has 0 fully saturated rings. The molecule has 2 heteroatoms. The van der Waals surface area contributed by atoms with Crippen molar-refractivity contribution in [3.8, 4) is 11.1 Å². The average molecular weight is 573 g/mol. The van der Waals surface area contributed by atoms with E-state index in [9.17, 15) is 0 Å². The molecule has 0 aliphatic rings. The van der Waals surface area contributed by atoms with Crippen LogP contribution < -0.4 is 9.80 Å². The van der Waals surface area contributed by atoms with E-state index < -0.39 is 0 Å². The van der Waals surface area contributed by atoms with Crippen LogP contribution in [0.3, 0.4) is 0 Å². The van der Waals surface area contributed by atoms with Gasteiger partial charge in [-0.25, -0.2) is 0 Å². The Hall–Kier alpha value is -5.08. The van der Waals surface area contributed by atoms with Gasteiger partial charge in [-0.2, -0.15) is 0 Å². The van der Waals surface area contributed by atoms with Gasteiger partial charge in [0.1, 0.15) is 0 Å². The maximum atomic E-state index is 2.35. The molecule has 0 spiro atoms. The lowest BCUT2D eigenvalue weighted by atomic mass is 10.0. The van der Waals surface area contributed by atoms with Crippen molar-refractivity contribution in [1.29, 1.82) is 0 Å². The van der Waals surface area contributed by atoms with Crippen molar-refractivity contribution in [3.63, 3.8) is 0 Å². The van der Waals surface area contributed by atoms with Gasteiger partial charge in [-0.3, -0.25) is 0 Å². The summed E-state index contributed by atoms with van der Waals surface area (Å²) in [6.45, 7) is 13.0. The van der Waals surface area contributed by atoms with Crippen LogP contribution in [0.2, 0.25) is 0 Å². The highest BCUT2D eigenvalue weighted by atomic mass is 15.1. The van der Waals surface area contributed by atoms with Crippen LogP contribution in [-0.2, 0) is 0 Å². The molecule has 0 N–H and O–H groups in total. The molecule has 0 bridgehead atoms. The molecule has 0 amide bonds. The van der Waals surface area contributed by atoms with Crippen LogP contribution >= 0.6 is 0 Å². The van der Waals surface area contributed by atoms with E-state index in [0.29, 0.717) is 0 Å². The first-order valence-electron chi connectivity index (χ1n) is 15.4. The summed E-state index contributed by atoms with van der Waals surface area (Å²) in [5.41, 5.74) is 17.0. The van der Waals surface area contributed by atoms with Gasteiger partial charge in [0.25, 0.3) is 0 Å². The lowest BCUT2D eigenvalue weighted by molar-refractivity contribution is 1.23. The summed E-state index contributed by atoms with van der Waals surface area (Å²) in [5, 5.41) is 0. The van der Waals surface area contributed by atoms with Crippen LogP contribution in [0.15, 0.2) is 133 Å². The van der Waals surface area contributed by atoms with Crippen molar-refractivity contribution >= 4 is 34.1 Å². The Morgan fingerprint density at radius 1 is 0.273 bits per heavy atom. The zero-order valence-corrected chi connectivity index (χ0v) is 26.6. The van der Waals surface area contributed by atoms with Crippen LogP contribution in [-0.4, -0.2) is 0 Å². The number of nitrogens with zero attached hydrogens (tertiary/aromatic N) is 2. The predicted molar refractivity (Wildman–Crippen MR) is 190 cm³/mol. The van der Waals surface area contributed by atoms with E-state index in [1.807, 2.05) is 0 Å². The van der Waals surface area contributed by atoms with E-state index in [2.05, 4.69) is 185 Å². The van der Waals surface area contributed by atoms with Crippen LogP contribution in [0.25, 0.3) is 11.1 Å². The highest BCUT2D eigenvalue weighted by Crippen LogP contribution is 2.39. The van der Waals surface area contributed by atoms with Crippen molar-refractivity contribution in [2.75, 3.05) is 9.80 Å². The van der Waals surface area contributed by atoms with Crippen molar-refractivity contribution in [2.45, 2.75) is 41.5 Å². The third-order valence-corrected chi connectivity index (χ3v) is 8.67. The van der Waals surface area contributed by atoms with Crippen LogP contribution in [0.5, 0.6) is 0 Å². The maximum Gasteiger partial charge on any atom is 0.0464 e. The minimum absolute atomic E-state index is 1.13. The minimum Gasteiger partial charge on any atom is -0.311 e. The Bertz CT molecular complexity index is 1780. The molecule has 0 aliphatic heterocycles. The Kier molecular flexibility index (Phi) is 8.09. The van der Waals surface area contributed by atoms with Crippen molar-refractivity contribution in [1.82, 2.24) is 0 Å². The van der Waals surface area contributed by atoms with Gasteiger partial charge in [0.2, 0.25) is 0 Å². The summed E-state index contributed by atoms with van der Waals surface area (Å²) in [7, 11) is 0. The van der Waals surface area contributed by atoms with Crippen molar-refractivity contribution < 1.29 is 0 Å². The molecule has 0 unspecified atom stereocenters. The van der Waals surface area contributed by atoms with E-state index >= 15 is 0 Å². The van der Waals surface area contributed by atoms with E-state index in [1.165, 1.54) is 55.9 Å². The molecule has 0 saturated heterocycles. The summed E-state index contributed by atoms with van der Waals surface area (Å²) in [6.07, 6.45) is 0. The van der Waals surface area contributed by atoms with E-state index in [0.717, 1.165) is 22.7 Å². The van der Waals surface area contributed by atoms with Gasteiger partial charge in [-0.15, -0.1) is 0 Å². The fraction of sp³-hybridized carbons (Fsp3) is 0.143. The topological polar surface area (TPSA) is 6.48 Å². The summed E-state index contributed by atoms with van der Waals surface area (Å²) in [6, 6.07) is 48.7. The zero-order valence-electron chi connectivity index (χ0n) is 26.6. The number of anilines is 6. The third-order valence-electron chi connectivity index (χ3n) is 8.67. The van der Waals surface area contributed by atoms with E-state index in [-0.39, 0.29) is 0 Å². The number of hydrogen-bond donors (Lipinski definition) is 0. The molecule has 218 valence electrons. The largest absolute Gasteiger partial charge is 0.311 e. The second-order valence-electron chi connectivity index (χ2n) is 12.0. The molecule has 0 aliphatic carbocycles. The molecule has 0 saturated carbocycles. The first-order chi connectivity index (χ1) is 21.3. The quantitative estimate of drug-likeness (QED) is 0.188. The van der Waals surface area contributed by atoms with Gasteiger partial charge in [0.05, 0.1) is 0 Å². The van der Waals surface area contributed by atoms with Crippen molar-refractivity contribution in [3.05, 3.63) is 167 Å². The van der Waals surface area contributed by atoms with Gasteiger partial charge in [-0.05, 0) is 148 Å². The van der Waals surface area contributed by atoms with Gasteiger partial charge in [-0.1, -0.05) is 71.8 Å². The highest BCUT2D eigenvalue weighted by molar-refractivity contribution is 5.81. The molecular formula is C42H40N2. The number of aryl methyl sites for hydroxylation is 6. The van der Waals surface area contributed by atoms with Gasteiger partial charge < -0.3 is 9.80 Å². The van der Waals surface area contributed by atoms with Crippen LogP contribution in [0, 0.1) is 41.5 Å². The zero-order chi connectivity index (χ0) is 30.8. The van der Waals surface area contributed by atoms with Crippen molar-refractivity contribution in [2.24, 2.45) is 0 Å².